The van der Waals surface area contributed by atoms with Crippen molar-refractivity contribution in [2.45, 2.75) is 56.3 Å². The van der Waals surface area contributed by atoms with Crippen LogP contribution < -0.4 is 27.4 Å². The number of aromatic amines is 1. The summed E-state index contributed by atoms with van der Waals surface area (Å²) in [5.41, 5.74) is 12.0. The standard InChI is InChI=1S/C20H35N7O5S2/c1-34-7-5-14(25-17(28)13(22)4-2-3-6-21)18(29)26-15(8-12-9-23-11-24-12)19(30)27-16(10-33)20(31)32/h9,11,13-16,33H,2-8,10,21-22H2,1H3,(H,23,24)(H,25,28)(H,26,29)(H,27,30)(H,31,32). The summed E-state index contributed by atoms with van der Waals surface area (Å²) in [6.07, 6.45) is 7.01. The minimum absolute atomic E-state index is 0.0400. The highest BCUT2D eigenvalue weighted by Gasteiger charge is 2.30. The lowest BCUT2D eigenvalue weighted by molar-refractivity contribution is -0.141. The Bertz CT molecular complexity index is 781. The number of aromatic nitrogens is 2. The topological polar surface area (TPSA) is 205 Å². The van der Waals surface area contributed by atoms with E-state index in [4.69, 9.17) is 11.5 Å². The molecule has 1 aromatic rings. The number of unbranched alkanes of at least 4 members (excludes halogenated alkanes) is 1. The van der Waals surface area contributed by atoms with Crippen molar-refractivity contribution in [3.05, 3.63) is 18.2 Å². The number of amides is 3. The average molecular weight is 518 g/mol. The third-order valence-corrected chi connectivity index (χ3v) is 5.97. The summed E-state index contributed by atoms with van der Waals surface area (Å²) in [7, 11) is 0. The van der Waals surface area contributed by atoms with E-state index in [0.717, 1.165) is 6.42 Å². The zero-order valence-electron chi connectivity index (χ0n) is 19.2. The molecule has 0 aliphatic rings. The van der Waals surface area contributed by atoms with Gasteiger partial charge in [-0.3, -0.25) is 14.4 Å². The van der Waals surface area contributed by atoms with Crippen LogP contribution in [0.1, 0.15) is 31.4 Å². The number of carbonyl (C=O) groups is 4. The van der Waals surface area contributed by atoms with Crippen molar-refractivity contribution in [2.75, 3.05) is 24.3 Å². The van der Waals surface area contributed by atoms with Crippen LogP contribution in [0.5, 0.6) is 0 Å². The fourth-order valence-corrected chi connectivity index (χ4v) is 3.70. The first-order chi connectivity index (χ1) is 16.2. The van der Waals surface area contributed by atoms with Crippen molar-refractivity contribution in [3.63, 3.8) is 0 Å². The molecule has 192 valence electrons. The number of hydrogen-bond acceptors (Lipinski definition) is 9. The molecule has 0 aromatic carbocycles. The molecule has 4 unspecified atom stereocenters. The highest BCUT2D eigenvalue weighted by molar-refractivity contribution is 7.98. The van der Waals surface area contributed by atoms with Gasteiger partial charge in [0.05, 0.1) is 12.4 Å². The summed E-state index contributed by atoms with van der Waals surface area (Å²) in [5.74, 6) is -2.52. The van der Waals surface area contributed by atoms with Crippen LogP contribution in [0.2, 0.25) is 0 Å². The largest absolute Gasteiger partial charge is 0.480 e. The van der Waals surface area contributed by atoms with Crippen molar-refractivity contribution >= 4 is 48.1 Å². The number of carbonyl (C=O) groups excluding carboxylic acids is 3. The molecular formula is C20H35N7O5S2. The molecule has 3 amide bonds. The maximum absolute atomic E-state index is 13.1. The monoisotopic (exact) mass is 517 g/mol. The minimum Gasteiger partial charge on any atom is -0.480 e. The van der Waals surface area contributed by atoms with E-state index in [1.54, 1.807) is 0 Å². The summed E-state index contributed by atoms with van der Waals surface area (Å²) in [6, 6.07) is -4.04. The number of nitrogens with two attached hydrogens (primary N) is 2. The first-order valence-corrected chi connectivity index (χ1v) is 12.9. The van der Waals surface area contributed by atoms with E-state index in [1.807, 2.05) is 6.26 Å². The van der Waals surface area contributed by atoms with Gasteiger partial charge < -0.3 is 37.5 Å². The molecule has 1 aromatic heterocycles. The number of thiol groups is 1. The molecular weight excluding hydrogens is 482 g/mol. The van der Waals surface area contributed by atoms with Crippen LogP contribution in [0.4, 0.5) is 0 Å². The molecule has 4 atom stereocenters. The lowest BCUT2D eigenvalue weighted by atomic mass is 10.1. The van der Waals surface area contributed by atoms with E-state index in [1.165, 1.54) is 24.3 Å². The molecule has 12 nitrogen and oxygen atoms in total. The second-order valence-electron chi connectivity index (χ2n) is 7.66. The molecule has 0 saturated heterocycles. The highest BCUT2D eigenvalue weighted by Crippen LogP contribution is 2.06. The number of imidazole rings is 1. The molecule has 34 heavy (non-hydrogen) atoms. The summed E-state index contributed by atoms with van der Waals surface area (Å²) >= 11 is 5.45. The van der Waals surface area contributed by atoms with Crippen LogP contribution in [0.25, 0.3) is 0 Å². The molecule has 1 rings (SSSR count). The van der Waals surface area contributed by atoms with Gasteiger partial charge in [-0.25, -0.2) is 9.78 Å². The van der Waals surface area contributed by atoms with Crippen LogP contribution in [-0.4, -0.2) is 87.2 Å². The van der Waals surface area contributed by atoms with Gasteiger partial charge in [-0.2, -0.15) is 24.4 Å². The molecule has 0 spiro atoms. The molecule has 0 bridgehead atoms. The quantitative estimate of drug-likeness (QED) is 0.0905. The van der Waals surface area contributed by atoms with Crippen LogP contribution >= 0.6 is 24.4 Å². The van der Waals surface area contributed by atoms with Crippen LogP contribution in [-0.2, 0) is 25.6 Å². The second-order valence-corrected chi connectivity index (χ2v) is 9.01. The first kappa shape index (κ1) is 29.7. The smallest absolute Gasteiger partial charge is 0.327 e. The maximum atomic E-state index is 13.1. The van der Waals surface area contributed by atoms with Gasteiger partial charge >= 0.3 is 5.97 Å². The van der Waals surface area contributed by atoms with E-state index >= 15 is 0 Å². The number of carboxylic acids is 1. The van der Waals surface area contributed by atoms with Crippen molar-refractivity contribution in [2.24, 2.45) is 11.5 Å². The van der Waals surface area contributed by atoms with Gasteiger partial charge in [0.15, 0.2) is 0 Å². The van der Waals surface area contributed by atoms with Gasteiger partial charge in [-0.05, 0) is 37.8 Å². The second kappa shape index (κ2) is 16.4. The average Bonchev–Trinajstić information content (AvgIpc) is 3.32. The molecule has 0 fully saturated rings. The Kier molecular flexibility index (Phi) is 14.3. The molecule has 9 N–H and O–H groups in total. The Hall–Kier alpha value is -2.29. The van der Waals surface area contributed by atoms with Gasteiger partial charge in [0.2, 0.25) is 17.7 Å². The fraction of sp³-hybridized carbons (Fsp3) is 0.650. The Morgan fingerprint density at radius 3 is 2.29 bits per heavy atom. The van der Waals surface area contributed by atoms with E-state index in [9.17, 15) is 24.3 Å². The number of aliphatic carboxylic acids is 1. The van der Waals surface area contributed by atoms with Gasteiger partial charge in [-0.1, -0.05) is 6.42 Å². The maximum Gasteiger partial charge on any atom is 0.327 e. The molecule has 0 aliphatic carbocycles. The Morgan fingerprint density at radius 1 is 1.09 bits per heavy atom. The highest BCUT2D eigenvalue weighted by atomic mass is 32.2. The Labute approximate surface area is 208 Å². The van der Waals surface area contributed by atoms with Crippen molar-refractivity contribution in [1.29, 1.82) is 0 Å². The zero-order valence-corrected chi connectivity index (χ0v) is 20.9. The molecule has 14 heteroatoms. The van der Waals surface area contributed by atoms with Crippen LogP contribution in [0, 0.1) is 0 Å². The minimum atomic E-state index is -1.25. The number of rotatable bonds is 17. The van der Waals surface area contributed by atoms with E-state index in [0.29, 0.717) is 37.3 Å². The lowest BCUT2D eigenvalue weighted by Crippen LogP contribution is -2.58. The predicted octanol–water partition coefficient (Wildman–Crippen LogP) is -1.37. The van der Waals surface area contributed by atoms with Gasteiger partial charge in [0.1, 0.15) is 18.1 Å². The summed E-state index contributed by atoms with van der Waals surface area (Å²) in [4.78, 5) is 56.5. The summed E-state index contributed by atoms with van der Waals surface area (Å²) < 4.78 is 0. The van der Waals surface area contributed by atoms with Crippen LogP contribution in [0.3, 0.4) is 0 Å². The van der Waals surface area contributed by atoms with Crippen molar-refractivity contribution < 1.29 is 24.3 Å². The molecule has 0 aliphatic heterocycles. The number of nitrogens with zero attached hydrogens (tertiary/aromatic N) is 1. The van der Waals surface area contributed by atoms with E-state index < -0.39 is 47.9 Å². The van der Waals surface area contributed by atoms with E-state index in [2.05, 4.69) is 38.5 Å². The summed E-state index contributed by atoms with van der Waals surface area (Å²) in [5, 5.41) is 16.9. The third-order valence-electron chi connectivity index (χ3n) is 4.96. The zero-order chi connectivity index (χ0) is 25.5. The Morgan fingerprint density at radius 2 is 1.74 bits per heavy atom. The SMILES string of the molecule is CSCCC(NC(=O)C(N)CCCCN)C(=O)NC(Cc1cnc[nH]1)C(=O)NC(CS)C(=O)O. The number of carboxylic acid groups (broad SMARTS) is 1. The first-order valence-electron chi connectivity index (χ1n) is 10.9. The Balaban J connectivity index is 2.94. The number of H-pyrrole nitrogens is 1. The molecule has 0 saturated carbocycles. The number of hydrogen-bond donors (Lipinski definition) is 8. The fourth-order valence-electron chi connectivity index (χ4n) is 2.98. The van der Waals surface area contributed by atoms with Crippen LogP contribution in [0.15, 0.2) is 12.5 Å². The molecule has 1 heterocycles. The van der Waals surface area contributed by atoms with Gasteiger partial charge in [0.25, 0.3) is 0 Å². The number of nitrogens with one attached hydrogen (secondary N) is 4. The predicted molar refractivity (Wildman–Crippen MR) is 133 cm³/mol. The van der Waals surface area contributed by atoms with Crippen molar-refractivity contribution in [1.82, 2.24) is 25.9 Å². The molecule has 0 radical (unpaired) electrons. The number of thioether (sulfide) groups is 1. The third kappa shape index (κ3) is 10.8. The lowest BCUT2D eigenvalue weighted by Gasteiger charge is -2.25. The van der Waals surface area contributed by atoms with Crippen molar-refractivity contribution in [3.8, 4) is 0 Å². The van der Waals surface area contributed by atoms with Gasteiger partial charge in [0, 0.05) is 24.1 Å². The summed E-state index contributed by atoms with van der Waals surface area (Å²) in [6.45, 7) is 0.503. The van der Waals surface area contributed by atoms with Gasteiger partial charge in [-0.15, -0.1) is 0 Å². The normalized spacial score (nSPS) is 14.5. The van der Waals surface area contributed by atoms with E-state index in [-0.39, 0.29) is 12.2 Å².